The average Bonchev–Trinajstić information content (AvgIpc) is 2.93. The van der Waals surface area contributed by atoms with Crippen molar-refractivity contribution in [2.45, 2.75) is 43.7 Å². The second-order valence-electron chi connectivity index (χ2n) is 5.46. The summed E-state index contributed by atoms with van der Waals surface area (Å²) < 4.78 is 5.60. The average molecular weight is 231 g/mol. The van der Waals surface area contributed by atoms with Gasteiger partial charge in [-0.15, -0.1) is 0 Å². The molecular formula is C15H21NO. The highest BCUT2D eigenvalue weighted by atomic mass is 16.5. The van der Waals surface area contributed by atoms with Gasteiger partial charge in [-0.1, -0.05) is 24.3 Å². The largest absolute Gasteiger partial charge is 0.378 e. The second kappa shape index (κ2) is 4.43. The summed E-state index contributed by atoms with van der Waals surface area (Å²) in [4.78, 5) is 0. The van der Waals surface area contributed by atoms with Crippen LogP contribution in [-0.2, 0) is 11.2 Å². The van der Waals surface area contributed by atoms with E-state index in [9.17, 15) is 0 Å². The van der Waals surface area contributed by atoms with E-state index in [0.29, 0.717) is 6.04 Å². The minimum atomic E-state index is 0.168. The summed E-state index contributed by atoms with van der Waals surface area (Å²) in [6.07, 6.45) is 6.09. The number of hydrogen-bond acceptors (Lipinski definition) is 2. The van der Waals surface area contributed by atoms with Gasteiger partial charge in [0.15, 0.2) is 0 Å². The molecule has 1 atom stereocenters. The van der Waals surface area contributed by atoms with Crippen LogP contribution in [0.5, 0.6) is 0 Å². The number of rotatable bonds is 4. The van der Waals surface area contributed by atoms with Crippen molar-refractivity contribution in [2.24, 2.45) is 0 Å². The molecule has 1 aromatic rings. The van der Waals surface area contributed by atoms with Crippen LogP contribution in [0.1, 0.15) is 42.9 Å². The van der Waals surface area contributed by atoms with Crippen molar-refractivity contribution in [2.75, 3.05) is 13.7 Å². The summed E-state index contributed by atoms with van der Waals surface area (Å²) in [6.45, 7) is 1.16. The van der Waals surface area contributed by atoms with Crippen molar-refractivity contribution in [3.63, 3.8) is 0 Å². The summed E-state index contributed by atoms with van der Waals surface area (Å²) in [5.41, 5.74) is 3.05. The van der Waals surface area contributed by atoms with Crippen LogP contribution >= 0.6 is 0 Å². The quantitative estimate of drug-likeness (QED) is 0.860. The summed E-state index contributed by atoms with van der Waals surface area (Å²) in [5.74, 6) is 0. The summed E-state index contributed by atoms with van der Waals surface area (Å²) in [7, 11) is 1.84. The fraction of sp³-hybridized carbons (Fsp3) is 0.600. The Labute approximate surface area is 103 Å². The van der Waals surface area contributed by atoms with Crippen LogP contribution in [0.25, 0.3) is 0 Å². The molecule has 1 aliphatic carbocycles. The van der Waals surface area contributed by atoms with E-state index in [1.165, 1.54) is 36.8 Å². The van der Waals surface area contributed by atoms with Crippen molar-refractivity contribution in [1.29, 1.82) is 0 Å². The van der Waals surface area contributed by atoms with Gasteiger partial charge in [-0.05, 0) is 43.4 Å². The highest BCUT2D eigenvalue weighted by Gasteiger charge is 2.42. The minimum Gasteiger partial charge on any atom is -0.378 e. The molecule has 3 rings (SSSR count). The number of hydrogen-bond donors (Lipinski definition) is 1. The Morgan fingerprint density at radius 2 is 2.29 bits per heavy atom. The molecule has 0 radical (unpaired) electrons. The molecular weight excluding hydrogens is 210 g/mol. The first-order chi connectivity index (χ1) is 8.31. The fourth-order valence-electron chi connectivity index (χ4n) is 2.85. The third-order valence-corrected chi connectivity index (χ3v) is 4.18. The van der Waals surface area contributed by atoms with Gasteiger partial charge < -0.3 is 10.1 Å². The summed E-state index contributed by atoms with van der Waals surface area (Å²) in [6, 6.07) is 9.61. The van der Waals surface area contributed by atoms with Crippen LogP contribution in [0, 0.1) is 0 Å². The van der Waals surface area contributed by atoms with E-state index in [0.717, 1.165) is 13.0 Å². The van der Waals surface area contributed by atoms with Crippen molar-refractivity contribution in [3.8, 4) is 0 Å². The third-order valence-electron chi connectivity index (χ3n) is 4.18. The first-order valence-electron chi connectivity index (χ1n) is 6.69. The molecule has 1 aliphatic heterocycles. The zero-order valence-corrected chi connectivity index (χ0v) is 10.5. The van der Waals surface area contributed by atoms with Crippen molar-refractivity contribution < 1.29 is 4.74 Å². The van der Waals surface area contributed by atoms with Crippen LogP contribution in [0.2, 0.25) is 0 Å². The van der Waals surface area contributed by atoms with Gasteiger partial charge >= 0.3 is 0 Å². The van der Waals surface area contributed by atoms with E-state index in [1.54, 1.807) is 0 Å². The van der Waals surface area contributed by atoms with Crippen LogP contribution in [0.15, 0.2) is 24.3 Å². The molecule has 92 valence electrons. The Balaban J connectivity index is 1.74. The third kappa shape index (κ3) is 2.38. The van der Waals surface area contributed by atoms with Crippen LogP contribution < -0.4 is 5.32 Å². The zero-order valence-electron chi connectivity index (χ0n) is 10.5. The standard InChI is InChI=1S/C15H21NO/c1-17-15(7-8-15)11-12-4-2-5-13(10-12)14-6-3-9-16-14/h2,4-5,10,14,16H,3,6-9,11H2,1H3. The zero-order chi connectivity index (χ0) is 11.7. The molecule has 1 aromatic carbocycles. The molecule has 0 amide bonds. The van der Waals surface area contributed by atoms with E-state index >= 15 is 0 Å². The first-order valence-corrected chi connectivity index (χ1v) is 6.69. The monoisotopic (exact) mass is 231 g/mol. The Hall–Kier alpha value is -0.860. The Morgan fingerprint density at radius 3 is 2.94 bits per heavy atom. The summed E-state index contributed by atoms with van der Waals surface area (Å²) >= 11 is 0. The first kappa shape index (κ1) is 11.2. The number of nitrogens with one attached hydrogen (secondary N) is 1. The lowest BCUT2D eigenvalue weighted by Gasteiger charge is -2.16. The van der Waals surface area contributed by atoms with Crippen LogP contribution in [0.4, 0.5) is 0 Å². The molecule has 0 aromatic heterocycles. The Morgan fingerprint density at radius 1 is 1.41 bits per heavy atom. The fourth-order valence-corrected chi connectivity index (χ4v) is 2.85. The molecule has 2 aliphatic rings. The predicted molar refractivity (Wildman–Crippen MR) is 69.1 cm³/mol. The van der Waals surface area contributed by atoms with Gasteiger partial charge in [-0.25, -0.2) is 0 Å². The molecule has 0 spiro atoms. The Kier molecular flexibility index (Phi) is 2.93. The highest BCUT2D eigenvalue weighted by molar-refractivity contribution is 5.28. The Bertz CT molecular complexity index is 392. The molecule has 1 heterocycles. The number of ether oxygens (including phenoxy) is 1. The van der Waals surface area contributed by atoms with Gasteiger partial charge in [0.2, 0.25) is 0 Å². The van der Waals surface area contributed by atoms with Crippen LogP contribution in [0.3, 0.4) is 0 Å². The van der Waals surface area contributed by atoms with Gasteiger partial charge in [0, 0.05) is 19.6 Å². The van der Waals surface area contributed by atoms with E-state index in [1.807, 2.05) is 7.11 Å². The predicted octanol–water partition coefficient (Wildman–Crippen LogP) is 2.83. The lowest BCUT2D eigenvalue weighted by molar-refractivity contribution is 0.0807. The molecule has 1 N–H and O–H groups in total. The van der Waals surface area contributed by atoms with Gasteiger partial charge in [0.25, 0.3) is 0 Å². The van der Waals surface area contributed by atoms with Gasteiger partial charge in [0.05, 0.1) is 5.60 Å². The maximum Gasteiger partial charge on any atom is 0.0721 e. The SMILES string of the molecule is COC1(Cc2cccc(C3CCCN3)c2)CC1. The smallest absolute Gasteiger partial charge is 0.0721 e. The highest BCUT2D eigenvalue weighted by Crippen LogP contribution is 2.42. The molecule has 2 heteroatoms. The van der Waals surface area contributed by atoms with Crippen molar-refractivity contribution >= 4 is 0 Å². The maximum absolute atomic E-state index is 5.60. The minimum absolute atomic E-state index is 0.168. The lowest BCUT2D eigenvalue weighted by Crippen LogP contribution is -2.16. The second-order valence-corrected chi connectivity index (χ2v) is 5.46. The van der Waals surface area contributed by atoms with Crippen LogP contribution in [-0.4, -0.2) is 19.3 Å². The maximum atomic E-state index is 5.60. The number of benzene rings is 1. The van der Waals surface area contributed by atoms with E-state index in [2.05, 4.69) is 29.6 Å². The van der Waals surface area contributed by atoms with E-state index in [4.69, 9.17) is 4.74 Å². The van der Waals surface area contributed by atoms with Gasteiger partial charge in [-0.3, -0.25) is 0 Å². The van der Waals surface area contributed by atoms with Crippen molar-refractivity contribution in [1.82, 2.24) is 5.32 Å². The van der Waals surface area contributed by atoms with E-state index in [-0.39, 0.29) is 5.60 Å². The van der Waals surface area contributed by atoms with Gasteiger partial charge in [0.1, 0.15) is 0 Å². The lowest BCUT2D eigenvalue weighted by atomic mass is 9.99. The van der Waals surface area contributed by atoms with E-state index < -0.39 is 0 Å². The molecule has 1 saturated heterocycles. The number of methoxy groups -OCH3 is 1. The molecule has 2 nitrogen and oxygen atoms in total. The molecule has 1 saturated carbocycles. The molecule has 0 bridgehead atoms. The molecule has 1 unspecified atom stereocenters. The normalized spacial score (nSPS) is 26.1. The molecule has 17 heavy (non-hydrogen) atoms. The van der Waals surface area contributed by atoms with Crippen molar-refractivity contribution in [3.05, 3.63) is 35.4 Å². The molecule has 2 fully saturated rings. The van der Waals surface area contributed by atoms with Gasteiger partial charge in [-0.2, -0.15) is 0 Å². The topological polar surface area (TPSA) is 21.3 Å². The summed E-state index contributed by atoms with van der Waals surface area (Å²) in [5, 5.41) is 3.56.